The Morgan fingerprint density at radius 3 is 1.96 bits per heavy atom. The van der Waals surface area contributed by atoms with Crippen molar-refractivity contribution in [3.63, 3.8) is 0 Å². The van der Waals surface area contributed by atoms with Gasteiger partial charge in [0.05, 0.1) is 11.7 Å². The molecule has 0 aliphatic heterocycles. The highest BCUT2D eigenvalue weighted by Gasteiger charge is 2.11. The Morgan fingerprint density at radius 2 is 1.38 bits per heavy atom. The van der Waals surface area contributed by atoms with Gasteiger partial charge in [-0.05, 0) is 40.8 Å². The van der Waals surface area contributed by atoms with Crippen LogP contribution in [-0.4, -0.2) is 23.8 Å². The van der Waals surface area contributed by atoms with E-state index in [0.29, 0.717) is 12.0 Å². The predicted octanol–water partition coefficient (Wildman–Crippen LogP) is 4.95. The van der Waals surface area contributed by atoms with E-state index in [9.17, 15) is 9.90 Å². The molecular formula is C23H22O3. The molecule has 0 saturated heterocycles. The van der Waals surface area contributed by atoms with Gasteiger partial charge in [-0.25, -0.2) is 4.79 Å². The molecule has 0 aromatic heterocycles. The average molecular weight is 346 g/mol. The maximum absolute atomic E-state index is 12.1. The molecule has 3 heteroatoms. The van der Waals surface area contributed by atoms with Crippen molar-refractivity contribution in [2.24, 2.45) is 0 Å². The molecule has 0 bridgehead atoms. The van der Waals surface area contributed by atoms with Gasteiger partial charge in [-0.3, -0.25) is 0 Å². The summed E-state index contributed by atoms with van der Waals surface area (Å²) >= 11 is 0. The van der Waals surface area contributed by atoms with E-state index in [2.05, 4.69) is 24.3 Å². The second-order valence-electron chi connectivity index (χ2n) is 6.15. The summed E-state index contributed by atoms with van der Waals surface area (Å²) in [6, 6.07) is 25.8. The van der Waals surface area contributed by atoms with Crippen LogP contribution >= 0.6 is 0 Å². The number of carbonyl (C=O) groups excluding carboxylic acids is 1. The van der Waals surface area contributed by atoms with Crippen molar-refractivity contribution in [1.82, 2.24) is 0 Å². The molecular weight excluding hydrogens is 324 g/mol. The first-order chi connectivity index (χ1) is 12.7. The summed E-state index contributed by atoms with van der Waals surface area (Å²) < 4.78 is 5.13. The topological polar surface area (TPSA) is 46.5 Å². The zero-order valence-corrected chi connectivity index (χ0v) is 14.8. The summed E-state index contributed by atoms with van der Waals surface area (Å²) in [6.45, 7) is 1.87. The van der Waals surface area contributed by atoms with Crippen molar-refractivity contribution in [3.8, 4) is 22.3 Å². The minimum absolute atomic E-state index is 0.0218. The fourth-order valence-corrected chi connectivity index (χ4v) is 2.76. The Bertz CT molecular complexity index is 854. The maximum Gasteiger partial charge on any atom is 0.338 e. The summed E-state index contributed by atoms with van der Waals surface area (Å²) in [6.07, 6.45) is -0.0568. The zero-order valence-electron chi connectivity index (χ0n) is 14.8. The second kappa shape index (κ2) is 8.45. The lowest BCUT2D eigenvalue weighted by Gasteiger charge is -2.11. The van der Waals surface area contributed by atoms with Gasteiger partial charge in [-0.1, -0.05) is 73.7 Å². The summed E-state index contributed by atoms with van der Waals surface area (Å²) in [4.78, 5) is 12.1. The predicted molar refractivity (Wildman–Crippen MR) is 104 cm³/mol. The minimum atomic E-state index is -0.615. The van der Waals surface area contributed by atoms with Gasteiger partial charge in [0.2, 0.25) is 0 Å². The highest BCUT2D eigenvalue weighted by Crippen LogP contribution is 2.31. The van der Waals surface area contributed by atoms with Gasteiger partial charge >= 0.3 is 5.97 Å². The molecule has 0 heterocycles. The lowest BCUT2D eigenvalue weighted by atomic mass is 9.94. The Labute approximate surface area is 153 Å². The van der Waals surface area contributed by atoms with Crippen LogP contribution in [0, 0.1) is 0 Å². The zero-order chi connectivity index (χ0) is 18.4. The Morgan fingerprint density at radius 1 is 0.846 bits per heavy atom. The van der Waals surface area contributed by atoms with Gasteiger partial charge in [0.1, 0.15) is 6.61 Å². The van der Waals surface area contributed by atoms with E-state index < -0.39 is 12.1 Å². The molecule has 0 amide bonds. The summed E-state index contributed by atoms with van der Waals surface area (Å²) in [5, 5.41) is 9.51. The molecule has 1 N–H and O–H groups in total. The Hall–Kier alpha value is -2.91. The summed E-state index contributed by atoms with van der Waals surface area (Å²) in [7, 11) is 0. The third kappa shape index (κ3) is 4.19. The summed E-state index contributed by atoms with van der Waals surface area (Å²) in [5.41, 5.74) is 4.93. The number of rotatable bonds is 6. The lowest BCUT2D eigenvalue weighted by Crippen LogP contribution is -2.17. The molecule has 26 heavy (non-hydrogen) atoms. The molecule has 1 unspecified atom stereocenters. The number of aliphatic hydroxyl groups is 1. The van der Waals surface area contributed by atoms with Crippen LogP contribution in [-0.2, 0) is 4.74 Å². The number of hydrogen-bond donors (Lipinski definition) is 1. The van der Waals surface area contributed by atoms with Crippen molar-refractivity contribution in [1.29, 1.82) is 0 Å². The molecule has 0 fully saturated rings. The minimum Gasteiger partial charge on any atom is -0.459 e. The second-order valence-corrected chi connectivity index (χ2v) is 6.15. The number of benzene rings is 3. The number of aliphatic hydroxyl groups excluding tert-OH is 1. The number of hydrogen-bond acceptors (Lipinski definition) is 3. The fourth-order valence-electron chi connectivity index (χ4n) is 2.76. The van der Waals surface area contributed by atoms with Crippen LogP contribution in [0.4, 0.5) is 0 Å². The maximum atomic E-state index is 12.1. The molecule has 3 rings (SSSR count). The Kier molecular flexibility index (Phi) is 5.82. The van der Waals surface area contributed by atoms with Gasteiger partial charge in [0, 0.05) is 0 Å². The molecule has 0 spiro atoms. The van der Waals surface area contributed by atoms with Crippen LogP contribution in [0.2, 0.25) is 0 Å². The fraction of sp³-hybridized carbons (Fsp3) is 0.174. The molecule has 0 aliphatic rings. The van der Waals surface area contributed by atoms with Crippen LogP contribution < -0.4 is 0 Å². The van der Waals surface area contributed by atoms with Gasteiger partial charge in [-0.2, -0.15) is 0 Å². The van der Waals surface area contributed by atoms with Crippen molar-refractivity contribution in [3.05, 3.63) is 84.4 Å². The molecule has 132 valence electrons. The standard InChI is InChI=1S/C23H22O3/c1-2-20(24)16-26-23(25)19-14-12-18(13-15-19)22-11-7-6-10-21(22)17-8-4-3-5-9-17/h3-15,20,24H,2,16H2,1H3. The number of carbonyl (C=O) groups is 1. The SMILES string of the molecule is CCC(O)COC(=O)c1ccc(-c2ccccc2-c2ccccc2)cc1. The molecule has 0 radical (unpaired) electrons. The van der Waals surface area contributed by atoms with E-state index in [1.807, 2.05) is 49.4 Å². The number of esters is 1. The third-order valence-electron chi connectivity index (χ3n) is 4.32. The van der Waals surface area contributed by atoms with Crippen LogP contribution in [0.1, 0.15) is 23.7 Å². The first-order valence-electron chi connectivity index (χ1n) is 8.79. The molecule has 3 nitrogen and oxygen atoms in total. The van der Waals surface area contributed by atoms with E-state index >= 15 is 0 Å². The lowest BCUT2D eigenvalue weighted by molar-refractivity contribution is 0.0250. The van der Waals surface area contributed by atoms with Gasteiger partial charge in [0.15, 0.2) is 0 Å². The van der Waals surface area contributed by atoms with Crippen molar-refractivity contribution in [2.75, 3.05) is 6.61 Å². The molecule has 3 aromatic rings. The third-order valence-corrected chi connectivity index (χ3v) is 4.32. The van der Waals surface area contributed by atoms with Crippen LogP contribution in [0.25, 0.3) is 22.3 Å². The van der Waals surface area contributed by atoms with E-state index in [-0.39, 0.29) is 6.61 Å². The van der Waals surface area contributed by atoms with Crippen molar-refractivity contribution < 1.29 is 14.6 Å². The van der Waals surface area contributed by atoms with Crippen molar-refractivity contribution >= 4 is 5.97 Å². The van der Waals surface area contributed by atoms with Crippen LogP contribution in [0.5, 0.6) is 0 Å². The average Bonchev–Trinajstić information content (AvgIpc) is 2.72. The van der Waals surface area contributed by atoms with Gasteiger partial charge in [0.25, 0.3) is 0 Å². The van der Waals surface area contributed by atoms with Crippen LogP contribution in [0.3, 0.4) is 0 Å². The van der Waals surface area contributed by atoms with E-state index in [1.165, 1.54) is 0 Å². The van der Waals surface area contributed by atoms with Gasteiger partial charge < -0.3 is 9.84 Å². The van der Waals surface area contributed by atoms with Gasteiger partial charge in [-0.15, -0.1) is 0 Å². The normalized spacial score (nSPS) is 11.8. The first-order valence-corrected chi connectivity index (χ1v) is 8.79. The quantitative estimate of drug-likeness (QED) is 0.643. The Balaban J connectivity index is 1.83. The first kappa shape index (κ1) is 17.9. The molecule has 0 saturated carbocycles. The van der Waals surface area contributed by atoms with Crippen molar-refractivity contribution in [2.45, 2.75) is 19.4 Å². The van der Waals surface area contributed by atoms with E-state index in [1.54, 1.807) is 12.1 Å². The van der Waals surface area contributed by atoms with E-state index in [0.717, 1.165) is 22.3 Å². The number of ether oxygens (including phenoxy) is 1. The smallest absolute Gasteiger partial charge is 0.338 e. The van der Waals surface area contributed by atoms with Crippen LogP contribution in [0.15, 0.2) is 78.9 Å². The molecule has 1 atom stereocenters. The monoisotopic (exact) mass is 346 g/mol. The summed E-state index contributed by atoms with van der Waals surface area (Å²) in [5.74, 6) is -0.416. The largest absolute Gasteiger partial charge is 0.459 e. The van der Waals surface area contributed by atoms with E-state index in [4.69, 9.17) is 4.74 Å². The molecule has 3 aromatic carbocycles. The highest BCUT2D eigenvalue weighted by molar-refractivity contribution is 5.91. The molecule has 0 aliphatic carbocycles. The highest BCUT2D eigenvalue weighted by atomic mass is 16.5.